The summed E-state index contributed by atoms with van der Waals surface area (Å²) in [6.07, 6.45) is 3.94. The Morgan fingerprint density at radius 3 is 2.42 bits per heavy atom. The molecule has 0 amide bonds. The minimum Gasteiger partial charge on any atom is -0.496 e. The molecule has 3 aromatic rings. The summed E-state index contributed by atoms with van der Waals surface area (Å²) >= 11 is 6.25. The number of pyridine rings is 1. The Hall–Kier alpha value is -1.92. The van der Waals surface area contributed by atoms with Crippen molar-refractivity contribution in [1.82, 2.24) is 9.38 Å². The fraction of sp³-hybridized carbons (Fsp3) is 0.235. The number of imidazole rings is 1. The van der Waals surface area contributed by atoms with E-state index in [1.165, 1.54) is 0 Å². The second-order valence-corrected chi connectivity index (χ2v) is 5.77. The topological polar surface area (TPSA) is 39.0 Å². The van der Waals surface area contributed by atoms with E-state index >= 15 is 0 Å². The smallest absolute Gasteiger partial charge is 0.141 e. The van der Waals surface area contributed by atoms with Crippen LogP contribution in [0.2, 0.25) is 5.02 Å². The van der Waals surface area contributed by atoms with Crippen LogP contribution in [0.4, 0.5) is 5.69 Å². The number of hydrogen-bond donors (Lipinski definition) is 0. The second kappa shape index (κ2) is 7.32. The fourth-order valence-electron chi connectivity index (χ4n) is 2.44. The minimum absolute atomic E-state index is 0. The lowest BCUT2D eigenvalue weighted by Gasteiger charge is -2.11. The van der Waals surface area contributed by atoms with Gasteiger partial charge in [0.15, 0.2) is 0 Å². The molecule has 0 fully saturated rings. The van der Waals surface area contributed by atoms with Crippen molar-refractivity contribution in [2.75, 3.05) is 33.2 Å². The minimum atomic E-state index is 0. The van der Waals surface area contributed by atoms with Crippen LogP contribution in [0.1, 0.15) is 0 Å². The first-order chi connectivity index (χ1) is 11.0. The number of aromatic nitrogens is 2. The molecule has 2 aromatic heterocycles. The van der Waals surface area contributed by atoms with E-state index in [1.807, 2.05) is 54.0 Å². The highest BCUT2D eigenvalue weighted by molar-refractivity contribution is 8.93. The molecule has 0 radical (unpaired) electrons. The number of benzene rings is 1. The van der Waals surface area contributed by atoms with Gasteiger partial charge in [0.05, 0.1) is 24.9 Å². The molecule has 128 valence electrons. The maximum absolute atomic E-state index is 6.25. The average Bonchev–Trinajstić information content (AvgIpc) is 2.97. The highest BCUT2D eigenvalue weighted by Crippen LogP contribution is 2.38. The van der Waals surface area contributed by atoms with Crippen LogP contribution in [0.5, 0.6) is 11.5 Å². The predicted molar refractivity (Wildman–Crippen MR) is 103 cm³/mol. The van der Waals surface area contributed by atoms with Crippen molar-refractivity contribution >= 4 is 39.9 Å². The van der Waals surface area contributed by atoms with Gasteiger partial charge in [-0.2, -0.15) is 0 Å². The molecule has 5 nitrogen and oxygen atoms in total. The van der Waals surface area contributed by atoms with Gasteiger partial charge < -0.3 is 18.8 Å². The maximum Gasteiger partial charge on any atom is 0.141 e. The zero-order valence-electron chi connectivity index (χ0n) is 13.9. The number of rotatable bonds is 4. The average molecular weight is 413 g/mol. The number of fused-ring (bicyclic) bond motifs is 1. The molecule has 2 heterocycles. The van der Waals surface area contributed by atoms with E-state index in [4.69, 9.17) is 21.1 Å². The van der Waals surface area contributed by atoms with E-state index in [-0.39, 0.29) is 17.0 Å². The number of hydrogen-bond acceptors (Lipinski definition) is 4. The van der Waals surface area contributed by atoms with Crippen LogP contribution in [-0.2, 0) is 0 Å². The van der Waals surface area contributed by atoms with Crippen LogP contribution in [0.15, 0.2) is 36.7 Å². The van der Waals surface area contributed by atoms with Gasteiger partial charge in [0.1, 0.15) is 17.1 Å². The molecular formula is C17H19BrClN3O2. The Kier molecular flexibility index (Phi) is 5.62. The summed E-state index contributed by atoms with van der Waals surface area (Å²) < 4.78 is 12.7. The summed E-state index contributed by atoms with van der Waals surface area (Å²) in [6.45, 7) is 0. The molecule has 3 rings (SSSR count). The lowest BCUT2D eigenvalue weighted by atomic mass is 10.1. The fourth-order valence-corrected chi connectivity index (χ4v) is 2.68. The largest absolute Gasteiger partial charge is 0.496 e. The van der Waals surface area contributed by atoms with Crippen LogP contribution >= 0.6 is 28.6 Å². The Balaban J connectivity index is 0.00000208. The molecule has 0 spiro atoms. The van der Waals surface area contributed by atoms with Crippen molar-refractivity contribution in [3.8, 4) is 22.8 Å². The molecule has 0 atom stereocenters. The normalized spacial score (nSPS) is 10.4. The van der Waals surface area contributed by atoms with Crippen molar-refractivity contribution in [3.05, 3.63) is 41.7 Å². The second-order valence-electron chi connectivity index (χ2n) is 5.36. The van der Waals surface area contributed by atoms with Crippen molar-refractivity contribution in [2.24, 2.45) is 0 Å². The van der Waals surface area contributed by atoms with E-state index in [9.17, 15) is 0 Å². The first kappa shape index (κ1) is 18.4. The van der Waals surface area contributed by atoms with Crippen LogP contribution in [-0.4, -0.2) is 37.7 Å². The highest BCUT2D eigenvalue weighted by Gasteiger charge is 2.14. The number of nitrogens with zero attached hydrogens (tertiary/aromatic N) is 3. The number of methoxy groups -OCH3 is 2. The number of anilines is 1. The van der Waals surface area contributed by atoms with Crippen molar-refractivity contribution < 1.29 is 9.47 Å². The Morgan fingerprint density at radius 2 is 1.79 bits per heavy atom. The lowest BCUT2D eigenvalue weighted by Crippen LogP contribution is -2.08. The van der Waals surface area contributed by atoms with E-state index in [2.05, 4.69) is 4.98 Å². The summed E-state index contributed by atoms with van der Waals surface area (Å²) in [5, 5.41) is 0.523. The molecule has 7 heteroatoms. The van der Waals surface area contributed by atoms with E-state index in [0.29, 0.717) is 16.5 Å². The zero-order chi connectivity index (χ0) is 16.6. The van der Waals surface area contributed by atoms with Gasteiger partial charge in [0.2, 0.25) is 0 Å². The predicted octanol–water partition coefficient (Wildman–Crippen LogP) is 4.32. The molecule has 0 saturated heterocycles. The maximum atomic E-state index is 6.25. The molecule has 0 unspecified atom stereocenters. The molecule has 24 heavy (non-hydrogen) atoms. The van der Waals surface area contributed by atoms with Crippen LogP contribution in [0.25, 0.3) is 16.9 Å². The standard InChI is InChI=1S/C17H18ClN3O2.BrH/c1-20(2)11-5-6-21-10-14(19-17(21)7-11)12-8-13(18)16(23-4)9-15(12)22-3;/h5-10H,1-4H3;1H. The van der Waals surface area contributed by atoms with Crippen LogP contribution in [0, 0.1) is 0 Å². The van der Waals surface area contributed by atoms with Gasteiger partial charge in [-0.15, -0.1) is 17.0 Å². The van der Waals surface area contributed by atoms with E-state index in [0.717, 1.165) is 22.6 Å². The monoisotopic (exact) mass is 411 g/mol. The molecular weight excluding hydrogens is 394 g/mol. The number of halogens is 2. The lowest BCUT2D eigenvalue weighted by molar-refractivity contribution is 0.395. The molecule has 0 aliphatic carbocycles. The summed E-state index contributed by atoms with van der Waals surface area (Å²) in [7, 11) is 7.20. The quantitative estimate of drug-likeness (QED) is 0.640. The van der Waals surface area contributed by atoms with E-state index in [1.54, 1.807) is 20.3 Å². The Labute approximate surface area is 156 Å². The number of ether oxygens (including phenoxy) is 2. The van der Waals surface area contributed by atoms with Gasteiger partial charge in [0, 0.05) is 49.9 Å². The summed E-state index contributed by atoms with van der Waals surface area (Å²) in [6, 6.07) is 7.65. The van der Waals surface area contributed by atoms with E-state index < -0.39 is 0 Å². The molecule has 0 aliphatic rings. The van der Waals surface area contributed by atoms with Gasteiger partial charge in [-0.25, -0.2) is 4.98 Å². The van der Waals surface area contributed by atoms with Gasteiger partial charge in [-0.05, 0) is 12.1 Å². The third-order valence-corrected chi connectivity index (χ3v) is 4.01. The molecule has 0 aliphatic heterocycles. The first-order valence-corrected chi connectivity index (χ1v) is 7.49. The molecule has 0 N–H and O–H groups in total. The summed E-state index contributed by atoms with van der Waals surface area (Å²) in [5.74, 6) is 1.24. The van der Waals surface area contributed by atoms with Gasteiger partial charge in [0.25, 0.3) is 0 Å². The zero-order valence-corrected chi connectivity index (χ0v) is 16.4. The molecule has 1 aromatic carbocycles. The molecule has 0 saturated carbocycles. The first-order valence-electron chi connectivity index (χ1n) is 7.11. The Morgan fingerprint density at radius 1 is 1.08 bits per heavy atom. The van der Waals surface area contributed by atoms with Crippen molar-refractivity contribution in [2.45, 2.75) is 0 Å². The highest BCUT2D eigenvalue weighted by atomic mass is 79.9. The Bertz CT molecular complexity index is 864. The van der Waals surface area contributed by atoms with Gasteiger partial charge in [-0.1, -0.05) is 11.6 Å². The van der Waals surface area contributed by atoms with Crippen LogP contribution < -0.4 is 14.4 Å². The van der Waals surface area contributed by atoms with Crippen molar-refractivity contribution in [3.63, 3.8) is 0 Å². The van der Waals surface area contributed by atoms with Gasteiger partial charge in [-0.3, -0.25) is 0 Å². The SMILES string of the molecule is Br.COc1cc(OC)c(-c2cn3ccc(N(C)C)cc3n2)cc1Cl. The third-order valence-electron chi connectivity index (χ3n) is 3.71. The summed E-state index contributed by atoms with van der Waals surface area (Å²) in [5.41, 5.74) is 3.57. The van der Waals surface area contributed by atoms with Crippen LogP contribution in [0.3, 0.4) is 0 Å². The summed E-state index contributed by atoms with van der Waals surface area (Å²) in [4.78, 5) is 6.73. The third kappa shape index (κ3) is 3.30. The van der Waals surface area contributed by atoms with Crippen molar-refractivity contribution in [1.29, 1.82) is 0 Å². The molecule has 0 bridgehead atoms. The van der Waals surface area contributed by atoms with Gasteiger partial charge >= 0.3 is 0 Å².